The van der Waals surface area contributed by atoms with Crippen LogP contribution in [0.3, 0.4) is 0 Å². The molecule has 2 amide bonds. The SMILES string of the molecule is CC(C)(C)OC(=O)Nc1ccccc1CCCC(=O)NCCc1ccccc1. The van der Waals surface area contributed by atoms with E-state index in [1.807, 2.05) is 63.2 Å². The van der Waals surface area contributed by atoms with E-state index in [4.69, 9.17) is 4.74 Å². The summed E-state index contributed by atoms with van der Waals surface area (Å²) in [6.45, 7) is 6.12. The summed E-state index contributed by atoms with van der Waals surface area (Å²) in [7, 11) is 0. The minimum absolute atomic E-state index is 0.0495. The van der Waals surface area contributed by atoms with Crippen LogP contribution < -0.4 is 10.6 Å². The normalized spacial score (nSPS) is 11.0. The van der Waals surface area contributed by atoms with Crippen molar-refractivity contribution in [3.63, 3.8) is 0 Å². The second kappa shape index (κ2) is 10.5. The molecule has 0 heterocycles. The van der Waals surface area contributed by atoms with E-state index in [2.05, 4.69) is 22.8 Å². The molecule has 0 saturated carbocycles. The topological polar surface area (TPSA) is 67.4 Å². The fraction of sp³-hybridized carbons (Fsp3) is 0.391. The molecular formula is C23H30N2O3. The Bertz CT molecular complexity index is 767. The molecule has 0 spiro atoms. The molecule has 150 valence electrons. The van der Waals surface area contributed by atoms with Crippen molar-refractivity contribution in [3.05, 3.63) is 65.7 Å². The molecule has 5 heteroatoms. The summed E-state index contributed by atoms with van der Waals surface area (Å²) < 4.78 is 5.31. The van der Waals surface area contributed by atoms with Gasteiger partial charge in [-0.2, -0.15) is 0 Å². The predicted octanol–water partition coefficient (Wildman–Crippen LogP) is 4.72. The van der Waals surface area contributed by atoms with Crippen LogP contribution in [-0.2, 0) is 22.4 Å². The highest BCUT2D eigenvalue weighted by atomic mass is 16.6. The number of carbonyl (C=O) groups is 2. The maximum Gasteiger partial charge on any atom is 0.412 e. The third-order valence-corrected chi connectivity index (χ3v) is 4.08. The minimum atomic E-state index is -0.545. The number of anilines is 1. The van der Waals surface area contributed by atoms with E-state index in [9.17, 15) is 9.59 Å². The van der Waals surface area contributed by atoms with Gasteiger partial charge >= 0.3 is 6.09 Å². The Balaban J connectivity index is 1.75. The molecule has 0 aromatic heterocycles. The Labute approximate surface area is 167 Å². The molecule has 0 unspecified atom stereocenters. The van der Waals surface area contributed by atoms with Gasteiger partial charge in [0, 0.05) is 18.7 Å². The van der Waals surface area contributed by atoms with Crippen molar-refractivity contribution in [2.24, 2.45) is 0 Å². The highest BCUT2D eigenvalue weighted by Gasteiger charge is 2.17. The lowest BCUT2D eigenvalue weighted by Crippen LogP contribution is -2.27. The van der Waals surface area contributed by atoms with E-state index in [1.54, 1.807) is 0 Å². The van der Waals surface area contributed by atoms with E-state index in [-0.39, 0.29) is 5.91 Å². The number of amides is 2. The molecule has 2 N–H and O–H groups in total. The van der Waals surface area contributed by atoms with E-state index < -0.39 is 11.7 Å². The third-order valence-electron chi connectivity index (χ3n) is 4.08. The van der Waals surface area contributed by atoms with Gasteiger partial charge in [-0.15, -0.1) is 0 Å². The van der Waals surface area contributed by atoms with Crippen molar-refractivity contribution in [2.45, 2.75) is 52.1 Å². The molecule has 5 nitrogen and oxygen atoms in total. The van der Waals surface area contributed by atoms with E-state index in [1.165, 1.54) is 5.56 Å². The van der Waals surface area contributed by atoms with Crippen LogP contribution >= 0.6 is 0 Å². The smallest absolute Gasteiger partial charge is 0.412 e. The fourth-order valence-electron chi connectivity index (χ4n) is 2.79. The number of nitrogens with one attached hydrogen (secondary N) is 2. The fourth-order valence-corrected chi connectivity index (χ4v) is 2.79. The summed E-state index contributed by atoms with van der Waals surface area (Å²) in [4.78, 5) is 24.0. The van der Waals surface area contributed by atoms with Crippen LogP contribution in [0.4, 0.5) is 10.5 Å². The van der Waals surface area contributed by atoms with Crippen LogP contribution in [-0.4, -0.2) is 24.1 Å². The van der Waals surface area contributed by atoms with Crippen LogP contribution in [0.25, 0.3) is 0 Å². The molecule has 0 fully saturated rings. The summed E-state index contributed by atoms with van der Waals surface area (Å²) in [5.41, 5.74) is 2.38. The van der Waals surface area contributed by atoms with Gasteiger partial charge in [-0.05, 0) is 57.2 Å². The summed E-state index contributed by atoms with van der Waals surface area (Å²) in [6.07, 6.45) is 2.23. The highest BCUT2D eigenvalue weighted by Crippen LogP contribution is 2.19. The summed E-state index contributed by atoms with van der Waals surface area (Å²) >= 11 is 0. The van der Waals surface area contributed by atoms with Gasteiger partial charge in [0.15, 0.2) is 0 Å². The van der Waals surface area contributed by atoms with Crippen LogP contribution in [0.15, 0.2) is 54.6 Å². The molecule has 0 radical (unpaired) electrons. The van der Waals surface area contributed by atoms with E-state index in [0.29, 0.717) is 25.8 Å². The zero-order chi connectivity index (χ0) is 20.4. The molecule has 2 aromatic carbocycles. The number of aryl methyl sites for hydroxylation is 1. The maximum absolute atomic E-state index is 12.0. The lowest BCUT2D eigenvalue weighted by Gasteiger charge is -2.20. The van der Waals surface area contributed by atoms with Crippen molar-refractivity contribution in [2.75, 3.05) is 11.9 Å². The van der Waals surface area contributed by atoms with Gasteiger partial charge < -0.3 is 10.1 Å². The Morgan fingerprint density at radius 1 is 0.929 bits per heavy atom. The van der Waals surface area contributed by atoms with Gasteiger partial charge in [0.05, 0.1) is 0 Å². The van der Waals surface area contributed by atoms with Gasteiger partial charge in [-0.25, -0.2) is 4.79 Å². The van der Waals surface area contributed by atoms with Crippen molar-refractivity contribution in [1.82, 2.24) is 5.32 Å². The van der Waals surface area contributed by atoms with E-state index in [0.717, 1.165) is 17.7 Å². The zero-order valence-electron chi connectivity index (χ0n) is 17.0. The second-order valence-corrected chi connectivity index (χ2v) is 7.72. The molecular weight excluding hydrogens is 352 g/mol. The van der Waals surface area contributed by atoms with Crippen molar-refractivity contribution in [1.29, 1.82) is 0 Å². The lowest BCUT2D eigenvalue weighted by molar-refractivity contribution is -0.121. The number of benzene rings is 2. The highest BCUT2D eigenvalue weighted by molar-refractivity contribution is 5.86. The van der Waals surface area contributed by atoms with Crippen LogP contribution in [0.2, 0.25) is 0 Å². The number of hydrogen-bond acceptors (Lipinski definition) is 3. The van der Waals surface area contributed by atoms with Gasteiger partial charge in [0.25, 0.3) is 0 Å². The van der Waals surface area contributed by atoms with Crippen molar-refractivity contribution >= 4 is 17.7 Å². The summed E-state index contributed by atoms with van der Waals surface area (Å²) in [5.74, 6) is 0.0495. The minimum Gasteiger partial charge on any atom is -0.444 e. The Morgan fingerprint density at radius 3 is 2.32 bits per heavy atom. The first-order chi connectivity index (χ1) is 13.3. The molecule has 0 bridgehead atoms. The summed E-state index contributed by atoms with van der Waals surface area (Å²) in [6, 6.07) is 17.7. The standard InChI is InChI=1S/C23H30N2O3/c1-23(2,3)28-22(27)25-20-14-8-7-12-19(20)13-9-15-21(26)24-17-16-18-10-5-4-6-11-18/h4-8,10-12,14H,9,13,15-17H2,1-3H3,(H,24,26)(H,25,27). The second-order valence-electron chi connectivity index (χ2n) is 7.72. The molecule has 2 rings (SSSR count). The van der Waals surface area contributed by atoms with E-state index >= 15 is 0 Å². The Hall–Kier alpha value is -2.82. The molecule has 0 atom stereocenters. The molecule has 0 saturated heterocycles. The summed E-state index contributed by atoms with van der Waals surface area (Å²) in [5, 5.41) is 5.76. The van der Waals surface area contributed by atoms with Gasteiger partial charge in [0.1, 0.15) is 5.60 Å². The number of ether oxygens (including phenoxy) is 1. The lowest BCUT2D eigenvalue weighted by atomic mass is 10.1. The largest absolute Gasteiger partial charge is 0.444 e. The Morgan fingerprint density at radius 2 is 1.61 bits per heavy atom. The number of hydrogen-bond donors (Lipinski definition) is 2. The average molecular weight is 383 g/mol. The monoisotopic (exact) mass is 382 g/mol. The van der Waals surface area contributed by atoms with Gasteiger partial charge in [-0.3, -0.25) is 10.1 Å². The zero-order valence-corrected chi connectivity index (χ0v) is 17.0. The first kappa shape index (κ1) is 21.5. The molecule has 28 heavy (non-hydrogen) atoms. The van der Waals surface area contributed by atoms with Crippen LogP contribution in [0, 0.1) is 0 Å². The molecule has 0 aliphatic carbocycles. The first-order valence-electron chi connectivity index (χ1n) is 9.72. The van der Waals surface area contributed by atoms with Crippen molar-refractivity contribution < 1.29 is 14.3 Å². The van der Waals surface area contributed by atoms with Gasteiger partial charge in [0.2, 0.25) is 5.91 Å². The Kier molecular flexibility index (Phi) is 8.05. The molecule has 0 aliphatic rings. The number of carbonyl (C=O) groups excluding carboxylic acids is 2. The quantitative estimate of drug-likeness (QED) is 0.694. The van der Waals surface area contributed by atoms with Crippen LogP contribution in [0.1, 0.15) is 44.7 Å². The average Bonchev–Trinajstić information content (AvgIpc) is 2.62. The molecule has 0 aliphatic heterocycles. The van der Waals surface area contributed by atoms with Crippen molar-refractivity contribution in [3.8, 4) is 0 Å². The molecule has 2 aromatic rings. The van der Waals surface area contributed by atoms with Crippen LogP contribution in [0.5, 0.6) is 0 Å². The number of rotatable bonds is 8. The van der Waals surface area contributed by atoms with Gasteiger partial charge in [-0.1, -0.05) is 48.5 Å². The maximum atomic E-state index is 12.0. The number of para-hydroxylation sites is 1. The third kappa shape index (κ3) is 8.25. The first-order valence-corrected chi connectivity index (χ1v) is 9.72. The predicted molar refractivity (Wildman–Crippen MR) is 112 cm³/mol.